The van der Waals surface area contributed by atoms with E-state index in [1.807, 2.05) is 7.05 Å². The Morgan fingerprint density at radius 1 is 1.42 bits per heavy atom. The number of hydrogen-bond acceptors (Lipinski definition) is 4. The lowest BCUT2D eigenvalue weighted by atomic mass is 10.1. The van der Waals surface area contributed by atoms with E-state index in [1.54, 1.807) is 7.11 Å². The van der Waals surface area contributed by atoms with Gasteiger partial charge < -0.3 is 15.2 Å². The molecule has 4 nitrogen and oxygen atoms in total. The molecular weight excluding hydrogens is 240 g/mol. The van der Waals surface area contributed by atoms with E-state index in [1.165, 1.54) is 11.1 Å². The van der Waals surface area contributed by atoms with Crippen LogP contribution in [0.15, 0.2) is 24.3 Å². The number of nitrogens with one attached hydrogen (secondary N) is 1. The van der Waals surface area contributed by atoms with Crippen LogP contribution in [-0.2, 0) is 11.3 Å². The monoisotopic (exact) mass is 266 g/mol. The summed E-state index contributed by atoms with van der Waals surface area (Å²) in [5, 5.41) is 13.1. The van der Waals surface area contributed by atoms with Crippen LogP contribution in [0.4, 0.5) is 0 Å². The fourth-order valence-corrected chi connectivity index (χ4v) is 2.05. The summed E-state index contributed by atoms with van der Waals surface area (Å²) in [4.78, 5) is 2.14. The van der Waals surface area contributed by atoms with Gasteiger partial charge in [0.15, 0.2) is 0 Å². The molecule has 0 fully saturated rings. The summed E-state index contributed by atoms with van der Waals surface area (Å²) in [5.41, 5.74) is 2.55. The van der Waals surface area contributed by atoms with Gasteiger partial charge in [-0.25, -0.2) is 0 Å². The molecule has 2 N–H and O–H groups in total. The molecule has 0 aliphatic rings. The van der Waals surface area contributed by atoms with Gasteiger partial charge in [-0.15, -0.1) is 0 Å². The highest BCUT2D eigenvalue weighted by molar-refractivity contribution is 5.21. The first-order valence-corrected chi connectivity index (χ1v) is 6.73. The number of ether oxygens (including phenoxy) is 1. The SMILES string of the molecule is COCCNCC(O)CN(C)Cc1cccc(C)c1. The molecule has 0 heterocycles. The number of aryl methyl sites for hydroxylation is 1. The highest BCUT2D eigenvalue weighted by Crippen LogP contribution is 2.06. The molecule has 0 saturated carbocycles. The predicted octanol–water partition coefficient (Wildman–Crippen LogP) is 1.02. The molecule has 19 heavy (non-hydrogen) atoms. The number of aliphatic hydroxyl groups is 1. The minimum atomic E-state index is -0.355. The molecule has 0 radical (unpaired) electrons. The third-order valence-corrected chi connectivity index (χ3v) is 2.92. The van der Waals surface area contributed by atoms with Crippen molar-refractivity contribution in [2.45, 2.75) is 19.6 Å². The molecule has 108 valence electrons. The van der Waals surface area contributed by atoms with E-state index in [0.717, 1.165) is 13.1 Å². The lowest BCUT2D eigenvalue weighted by Crippen LogP contribution is -2.37. The molecule has 1 aromatic carbocycles. The van der Waals surface area contributed by atoms with E-state index in [9.17, 15) is 5.11 Å². The van der Waals surface area contributed by atoms with Gasteiger partial charge in [-0.1, -0.05) is 29.8 Å². The maximum Gasteiger partial charge on any atom is 0.0791 e. The van der Waals surface area contributed by atoms with Crippen molar-refractivity contribution in [3.05, 3.63) is 35.4 Å². The molecule has 1 rings (SSSR count). The number of nitrogens with zero attached hydrogens (tertiary/aromatic N) is 1. The number of likely N-dealkylation sites (N-methyl/N-ethyl adjacent to an activating group) is 1. The van der Waals surface area contributed by atoms with Gasteiger partial charge >= 0.3 is 0 Å². The van der Waals surface area contributed by atoms with Gasteiger partial charge in [-0.05, 0) is 19.5 Å². The van der Waals surface area contributed by atoms with Crippen LogP contribution in [0, 0.1) is 6.92 Å². The normalized spacial score (nSPS) is 12.9. The van der Waals surface area contributed by atoms with Crippen LogP contribution in [0.1, 0.15) is 11.1 Å². The van der Waals surface area contributed by atoms with Gasteiger partial charge in [0, 0.05) is 33.3 Å². The number of rotatable bonds is 9. The summed E-state index contributed by atoms with van der Waals surface area (Å²) in [5.74, 6) is 0. The Kier molecular flexibility index (Phi) is 7.67. The highest BCUT2D eigenvalue weighted by Gasteiger charge is 2.08. The predicted molar refractivity (Wildman–Crippen MR) is 78.3 cm³/mol. The third-order valence-electron chi connectivity index (χ3n) is 2.92. The molecule has 0 aromatic heterocycles. The van der Waals surface area contributed by atoms with Crippen molar-refractivity contribution in [1.82, 2.24) is 10.2 Å². The van der Waals surface area contributed by atoms with Crippen LogP contribution >= 0.6 is 0 Å². The summed E-state index contributed by atoms with van der Waals surface area (Å²) in [6.07, 6.45) is -0.355. The van der Waals surface area contributed by atoms with E-state index in [4.69, 9.17) is 4.74 Å². The van der Waals surface area contributed by atoms with Crippen molar-refractivity contribution in [2.75, 3.05) is 40.4 Å². The van der Waals surface area contributed by atoms with Crippen LogP contribution in [0.3, 0.4) is 0 Å². The molecule has 0 aliphatic heterocycles. The second kappa shape index (κ2) is 9.04. The van der Waals surface area contributed by atoms with Crippen molar-refractivity contribution >= 4 is 0 Å². The van der Waals surface area contributed by atoms with Gasteiger partial charge in [-0.3, -0.25) is 4.90 Å². The summed E-state index contributed by atoms with van der Waals surface area (Å²) in [6, 6.07) is 8.46. The number of aliphatic hydroxyl groups excluding tert-OH is 1. The Bertz CT molecular complexity index is 358. The fourth-order valence-electron chi connectivity index (χ4n) is 2.05. The van der Waals surface area contributed by atoms with E-state index in [2.05, 4.69) is 41.4 Å². The molecule has 0 spiro atoms. The van der Waals surface area contributed by atoms with Gasteiger partial charge in [0.2, 0.25) is 0 Å². The van der Waals surface area contributed by atoms with E-state index in [0.29, 0.717) is 19.7 Å². The maximum absolute atomic E-state index is 9.91. The molecule has 1 unspecified atom stereocenters. The Hall–Kier alpha value is -0.940. The fraction of sp³-hybridized carbons (Fsp3) is 0.600. The number of methoxy groups -OCH3 is 1. The van der Waals surface area contributed by atoms with Crippen molar-refractivity contribution in [2.24, 2.45) is 0 Å². The van der Waals surface area contributed by atoms with Gasteiger partial charge in [0.05, 0.1) is 12.7 Å². The summed E-state index contributed by atoms with van der Waals surface area (Å²) in [7, 11) is 3.70. The van der Waals surface area contributed by atoms with E-state index >= 15 is 0 Å². The van der Waals surface area contributed by atoms with Crippen molar-refractivity contribution in [3.63, 3.8) is 0 Å². The molecule has 0 amide bonds. The zero-order valence-corrected chi connectivity index (χ0v) is 12.2. The highest BCUT2D eigenvalue weighted by atomic mass is 16.5. The zero-order chi connectivity index (χ0) is 14.1. The van der Waals surface area contributed by atoms with Crippen LogP contribution in [0.25, 0.3) is 0 Å². The largest absolute Gasteiger partial charge is 0.390 e. The Labute approximate surface area is 116 Å². The lowest BCUT2D eigenvalue weighted by molar-refractivity contribution is 0.117. The summed E-state index contributed by atoms with van der Waals surface area (Å²) >= 11 is 0. The maximum atomic E-state index is 9.91. The first kappa shape index (κ1) is 16.1. The smallest absolute Gasteiger partial charge is 0.0791 e. The average molecular weight is 266 g/mol. The van der Waals surface area contributed by atoms with Gasteiger partial charge in [0.25, 0.3) is 0 Å². The topological polar surface area (TPSA) is 44.7 Å². The minimum absolute atomic E-state index is 0.355. The molecule has 1 atom stereocenters. The summed E-state index contributed by atoms with van der Waals surface area (Å²) < 4.78 is 4.94. The third kappa shape index (κ3) is 7.28. The standard InChI is InChI=1S/C15H26N2O2/c1-13-5-4-6-14(9-13)11-17(2)12-15(18)10-16-7-8-19-3/h4-6,9,15-16,18H,7-8,10-12H2,1-3H3. The quantitative estimate of drug-likeness (QED) is 0.655. The van der Waals surface area contributed by atoms with Gasteiger partial charge in [-0.2, -0.15) is 0 Å². The Morgan fingerprint density at radius 2 is 2.21 bits per heavy atom. The zero-order valence-electron chi connectivity index (χ0n) is 12.2. The van der Waals surface area contributed by atoms with Gasteiger partial charge in [0.1, 0.15) is 0 Å². The first-order valence-electron chi connectivity index (χ1n) is 6.73. The Balaban J connectivity index is 2.24. The molecule has 0 aliphatic carbocycles. The number of benzene rings is 1. The van der Waals surface area contributed by atoms with Crippen LogP contribution < -0.4 is 5.32 Å². The lowest BCUT2D eigenvalue weighted by Gasteiger charge is -2.21. The molecule has 0 bridgehead atoms. The second-order valence-corrected chi connectivity index (χ2v) is 5.04. The second-order valence-electron chi connectivity index (χ2n) is 5.04. The van der Waals surface area contributed by atoms with Crippen LogP contribution in [-0.4, -0.2) is 56.5 Å². The molecule has 4 heteroatoms. The molecule has 0 saturated heterocycles. The van der Waals surface area contributed by atoms with E-state index in [-0.39, 0.29) is 6.10 Å². The van der Waals surface area contributed by atoms with Crippen LogP contribution in [0.2, 0.25) is 0 Å². The van der Waals surface area contributed by atoms with Crippen molar-refractivity contribution in [3.8, 4) is 0 Å². The van der Waals surface area contributed by atoms with Crippen molar-refractivity contribution in [1.29, 1.82) is 0 Å². The van der Waals surface area contributed by atoms with Crippen molar-refractivity contribution < 1.29 is 9.84 Å². The average Bonchev–Trinajstić information content (AvgIpc) is 2.34. The van der Waals surface area contributed by atoms with E-state index < -0.39 is 0 Å². The Morgan fingerprint density at radius 3 is 2.89 bits per heavy atom. The molecule has 1 aromatic rings. The molecular formula is C15H26N2O2. The van der Waals surface area contributed by atoms with Crippen LogP contribution in [0.5, 0.6) is 0 Å². The summed E-state index contributed by atoms with van der Waals surface area (Å²) in [6.45, 7) is 5.66. The first-order chi connectivity index (χ1) is 9.11. The number of hydrogen-bond donors (Lipinski definition) is 2. The minimum Gasteiger partial charge on any atom is -0.390 e.